The van der Waals surface area contributed by atoms with Crippen LogP contribution in [0.2, 0.25) is 0 Å². The van der Waals surface area contributed by atoms with Gasteiger partial charge in [-0.3, -0.25) is 14.7 Å². The molecule has 0 aromatic carbocycles. The lowest BCUT2D eigenvalue weighted by Crippen LogP contribution is -2.35. The number of nitrogens with zero attached hydrogens (tertiary/aromatic N) is 3. The molecule has 0 radical (unpaired) electrons. The molecular weight excluding hydrogens is 292 g/mol. The molecule has 6 nitrogen and oxygen atoms in total. The number of carbonyl (C=O) groups is 1. The quantitative estimate of drug-likeness (QED) is 0.933. The lowest BCUT2D eigenvalue weighted by molar-refractivity contribution is 0.0341. The second-order valence-electron chi connectivity index (χ2n) is 5.58. The van der Waals surface area contributed by atoms with E-state index in [9.17, 15) is 4.79 Å². The van der Waals surface area contributed by atoms with Crippen molar-refractivity contribution < 1.29 is 9.53 Å². The van der Waals surface area contributed by atoms with Crippen LogP contribution >= 0.6 is 0 Å². The molecule has 120 valence electrons. The first-order chi connectivity index (χ1) is 11.2. The van der Waals surface area contributed by atoms with Crippen LogP contribution in [0.1, 0.15) is 21.6 Å². The molecule has 1 aliphatic heterocycles. The monoisotopic (exact) mass is 312 g/mol. The molecule has 1 aliphatic rings. The molecule has 0 saturated carbocycles. The van der Waals surface area contributed by atoms with Crippen LogP contribution in [-0.4, -0.2) is 47.1 Å². The number of pyridine rings is 2. The second kappa shape index (κ2) is 7.30. The predicted molar refractivity (Wildman–Crippen MR) is 87.3 cm³/mol. The van der Waals surface area contributed by atoms with Crippen molar-refractivity contribution in [2.24, 2.45) is 0 Å². The molecule has 1 saturated heterocycles. The first-order valence-corrected chi connectivity index (χ1v) is 7.70. The Balaban J connectivity index is 1.58. The zero-order chi connectivity index (χ0) is 16.1. The van der Waals surface area contributed by atoms with Crippen LogP contribution in [0.4, 0.5) is 5.82 Å². The minimum atomic E-state index is -0.203. The average Bonchev–Trinajstić information content (AvgIpc) is 2.58. The van der Waals surface area contributed by atoms with E-state index in [2.05, 4.69) is 20.2 Å². The van der Waals surface area contributed by atoms with Gasteiger partial charge in [0.15, 0.2) is 0 Å². The van der Waals surface area contributed by atoms with Crippen LogP contribution in [0.15, 0.2) is 36.7 Å². The first kappa shape index (κ1) is 15.6. The van der Waals surface area contributed by atoms with E-state index in [4.69, 9.17) is 4.74 Å². The summed E-state index contributed by atoms with van der Waals surface area (Å²) in [6.07, 6.45) is 3.37. The number of aromatic nitrogens is 2. The zero-order valence-corrected chi connectivity index (χ0v) is 13.2. The minimum absolute atomic E-state index is 0.203. The van der Waals surface area contributed by atoms with Crippen LogP contribution in [0, 0.1) is 6.92 Å². The first-order valence-electron chi connectivity index (χ1n) is 7.70. The summed E-state index contributed by atoms with van der Waals surface area (Å²) in [5.74, 6) is 0.340. The number of rotatable bonds is 4. The van der Waals surface area contributed by atoms with Crippen molar-refractivity contribution in [2.45, 2.75) is 13.5 Å². The van der Waals surface area contributed by atoms with Crippen molar-refractivity contribution in [3.63, 3.8) is 0 Å². The molecule has 0 atom stereocenters. The highest BCUT2D eigenvalue weighted by Crippen LogP contribution is 2.10. The Morgan fingerprint density at radius 3 is 2.65 bits per heavy atom. The Bertz CT molecular complexity index is 649. The molecule has 2 aromatic rings. The number of aryl methyl sites for hydroxylation is 1. The van der Waals surface area contributed by atoms with Crippen molar-refractivity contribution in [1.82, 2.24) is 14.9 Å². The van der Waals surface area contributed by atoms with E-state index >= 15 is 0 Å². The van der Waals surface area contributed by atoms with E-state index in [1.165, 1.54) is 0 Å². The maximum absolute atomic E-state index is 12.1. The van der Waals surface area contributed by atoms with Gasteiger partial charge in [0.05, 0.1) is 18.8 Å². The third-order valence-corrected chi connectivity index (χ3v) is 3.75. The summed E-state index contributed by atoms with van der Waals surface area (Å²) < 4.78 is 5.34. The number of morpholine rings is 1. The lowest BCUT2D eigenvalue weighted by atomic mass is 10.2. The normalized spacial score (nSPS) is 15.3. The van der Waals surface area contributed by atoms with Gasteiger partial charge in [-0.25, -0.2) is 4.98 Å². The molecule has 2 aromatic heterocycles. The van der Waals surface area contributed by atoms with Gasteiger partial charge in [-0.15, -0.1) is 0 Å². The van der Waals surface area contributed by atoms with Gasteiger partial charge < -0.3 is 10.1 Å². The summed E-state index contributed by atoms with van der Waals surface area (Å²) in [4.78, 5) is 22.9. The van der Waals surface area contributed by atoms with Crippen LogP contribution in [-0.2, 0) is 11.3 Å². The summed E-state index contributed by atoms with van der Waals surface area (Å²) in [6, 6.07) is 7.39. The Hall–Kier alpha value is -2.31. The summed E-state index contributed by atoms with van der Waals surface area (Å²) in [5.41, 5.74) is 2.53. The van der Waals surface area contributed by atoms with E-state index in [0.717, 1.165) is 44.1 Å². The fraction of sp³-hybridized carbons (Fsp3) is 0.353. The van der Waals surface area contributed by atoms with E-state index < -0.39 is 0 Å². The largest absolute Gasteiger partial charge is 0.379 e. The number of anilines is 1. The van der Waals surface area contributed by atoms with E-state index in [-0.39, 0.29) is 5.91 Å². The number of hydrogen-bond acceptors (Lipinski definition) is 5. The van der Waals surface area contributed by atoms with Crippen LogP contribution in [0.5, 0.6) is 0 Å². The van der Waals surface area contributed by atoms with Crippen molar-refractivity contribution in [3.8, 4) is 0 Å². The van der Waals surface area contributed by atoms with Gasteiger partial charge in [0.2, 0.25) is 0 Å². The fourth-order valence-electron chi connectivity index (χ4n) is 2.40. The van der Waals surface area contributed by atoms with Gasteiger partial charge in [0.25, 0.3) is 5.91 Å². The molecule has 1 N–H and O–H groups in total. The van der Waals surface area contributed by atoms with Crippen molar-refractivity contribution in [3.05, 3.63) is 53.5 Å². The molecule has 0 unspecified atom stereocenters. The molecule has 0 spiro atoms. The topological polar surface area (TPSA) is 67.4 Å². The van der Waals surface area contributed by atoms with Gasteiger partial charge in [0, 0.05) is 37.7 Å². The number of amides is 1. The van der Waals surface area contributed by atoms with Crippen molar-refractivity contribution in [2.75, 3.05) is 31.6 Å². The van der Waals surface area contributed by atoms with E-state index in [1.54, 1.807) is 18.5 Å². The molecule has 1 amide bonds. The average molecular weight is 312 g/mol. The highest BCUT2D eigenvalue weighted by atomic mass is 16.5. The number of hydrogen-bond donors (Lipinski definition) is 1. The second-order valence-corrected chi connectivity index (χ2v) is 5.58. The Morgan fingerprint density at radius 1 is 1.17 bits per heavy atom. The number of nitrogens with one attached hydrogen (secondary N) is 1. The van der Waals surface area contributed by atoms with Gasteiger partial charge in [-0.2, -0.15) is 0 Å². The number of ether oxygens (including phenoxy) is 1. The van der Waals surface area contributed by atoms with Crippen LogP contribution in [0.3, 0.4) is 0 Å². The van der Waals surface area contributed by atoms with Gasteiger partial charge in [0.1, 0.15) is 5.82 Å². The molecule has 23 heavy (non-hydrogen) atoms. The molecule has 6 heteroatoms. The molecule has 0 aliphatic carbocycles. The van der Waals surface area contributed by atoms with E-state index in [0.29, 0.717) is 11.4 Å². The summed E-state index contributed by atoms with van der Waals surface area (Å²) in [7, 11) is 0. The van der Waals surface area contributed by atoms with Gasteiger partial charge in [-0.05, 0) is 30.7 Å². The number of carbonyl (C=O) groups excluding carboxylic acids is 1. The van der Waals surface area contributed by atoms with Crippen LogP contribution < -0.4 is 5.32 Å². The summed E-state index contributed by atoms with van der Waals surface area (Å²) >= 11 is 0. The van der Waals surface area contributed by atoms with Gasteiger partial charge >= 0.3 is 0 Å². The third kappa shape index (κ3) is 4.34. The zero-order valence-electron chi connectivity index (χ0n) is 13.2. The standard InChI is InChI=1S/C17H20N4O2/c1-13-2-4-15(11-18-13)17(22)20-16-5-3-14(10-19-16)12-21-6-8-23-9-7-21/h2-5,10-11H,6-9,12H2,1H3,(H,19,20,22). The maximum atomic E-state index is 12.1. The highest BCUT2D eigenvalue weighted by Gasteiger charge is 2.11. The fourth-order valence-corrected chi connectivity index (χ4v) is 2.40. The van der Waals surface area contributed by atoms with E-state index in [1.807, 2.05) is 25.1 Å². The lowest BCUT2D eigenvalue weighted by Gasteiger charge is -2.26. The van der Waals surface area contributed by atoms with Crippen LogP contribution in [0.25, 0.3) is 0 Å². The predicted octanol–water partition coefficient (Wildman–Crippen LogP) is 1.87. The Kier molecular flexibility index (Phi) is 4.95. The SMILES string of the molecule is Cc1ccc(C(=O)Nc2ccc(CN3CCOCC3)cn2)cn1. The summed E-state index contributed by atoms with van der Waals surface area (Å²) in [5, 5.41) is 2.78. The Labute approximate surface area is 135 Å². The molecule has 3 rings (SSSR count). The smallest absolute Gasteiger partial charge is 0.258 e. The minimum Gasteiger partial charge on any atom is -0.379 e. The highest BCUT2D eigenvalue weighted by molar-refractivity contribution is 6.03. The third-order valence-electron chi connectivity index (χ3n) is 3.75. The molecule has 3 heterocycles. The van der Waals surface area contributed by atoms with Gasteiger partial charge in [-0.1, -0.05) is 6.07 Å². The Morgan fingerprint density at radius 2 is 2.00 bits per heavy atom. The molecule has 0 bridgehead atoms. The van der Waals surface area contributed by atoms with Crippen molar-refractivity contribution >= 4 is 11.7 Å². The van der Waals surface area contributed by atoms with Crippen molar-refractivity contribution in [1.29, 1.82) is 0 Å². The summed E-state index contributed by atoms with van der Waals surface area (Å²) in [6.45, 7) is 6.19. The molecule has 1 fully saturated rings. The molecular formula is C17H20N4O2. The maximum Gasteiger partial charge on any atom is 0.258 e.